The second-order valence-corrected chi connectivity index (χ2v) is 7.87. The molecule has 166 valence electrons. The quantitative estimate of drug-likeness (QED) is 0.618. The number of benzene rings is 2. The molecule has 2 aromatic carbocycles. The number of rotatable bonds is 9. The van der Waals surface area contributed by atoms with Crippen LogP contribution in [0.1, 0.15) is 25.7 Å². The molecule has 7 heteroatoms. The van der Waals surface area contributed by atoms with Crippen LogP contribution in [0, 0.1) is 11.8 Å². The topological polar surface area (TPSA) is 88.1 Å². The average molecular weight is 427 g/mol. The van der Waals surface area contributed by atoms with Crippen LogP contribution in [0.5, 0.6) is 5.75 Å². The molecule has 2 N–H and O–H groups in total. The Morgan fingerprint density at radius 3 is 2.55 bits per heavy atom. The smallest absolute Gasteiger partial charge is 0.329 e. The standard InChI is InChI=1S/C24H30N2O5/c1-30-22-12-6-11-21(14-22)26(20-9-3-2-4-10-20)24(29)25-15-18-7-5-8-19(13-18)16-31-17-23(27)28/h2-4,6,9-12,14,18-19H,5,7-8,13,15-17H2,1H3,(H,25,29)(H,27,28). The highest BCUT2D eigenvalue weighted by molar-refractivity contribution is 5.99. The fourth-order valence-electron chi connectivity index (χ4n) is 4.07. The number of ether oxygens (including phenoxy) is 2. The van der Waals surface area contributed by atoms with Gasteiger partial charge in [0.05, 0.1) is 25.1 Å². The van der Waals surface area contributed by atoms with Gasteiger partial charge >= 0.3 is 12.0 Å². The third-order valence-electron chi connectivity index (χ3n) is 5.54. The first-order valence-corrected chi connectivity index (χ1v) is 10.6. The molecule has 31 heavy (non-hydrogen) atoms. The molecule has 2 amide bonds. The molecule has 0 saturated heterocycles. The van der Waals surface area contributed by atoms with Crippen LogP contribution in [-0.2, 0) is 9.53 Å². The summed E-state index contributed by atoms with van der Waals surface area (Å²) in [7, 11) is 1.60. The van der Waals surface area contributed by atoms with Gasteiger partial charge in [-0.25, -0.2) is 9.59 Å². The number of carboxylic acids is 1. The summed E-state index contributed by atoms with van der Waals surface area (Å²) in [6.45, 7) is 0.767. The Morgan fingerprint density at radius 1 is 1.06 bits per heavy atom. The first-order valence-electron chi connectivity index (χ1n) is 10.6. The summed E-state index contributed by atoms with van der Waals surface area (Å²) >= 11 is 0. The summed E-state index contributed by atoms with van der Waals surface area (Å²) < 4.78 is 10.6. The van der Waals surface area contributed by atoms with E-state index in [4.69, 9.17) is 14.6 Å². The SMILES string of the molecule is COc1cccc(N(C(=O)NCC2CCCC(COCC(=O)O)C2)c2ccccc2)c1. The van der Waals surface area contributed by atoms with Crippen molar-refractivity contribution in [2.45, 2.75) is 25.7 Å². The predicted molar refractivity (Wildman–Crippen MR) is 119 cm³/mol. The van der Waals surface area contributed by atoms with Gasteiger partial charge in [0.15, 0.2) is 0 Å². The van der Waals surface area contributed by atoms with Crippen LogP contribution >= 0.6 is 0 Å². The summed E-state index contributed by atoms with van der Waals surface area (Å²) in [5, 5.41) is 11.8. The van der Waals surface area contributed by atoms with Gasteiger partial charge in [-0.15, -0.1) is 0 Å². The van der Waals surface area contributed by atoms with Gasteiger partial charge in [0.1, 0.15) is 12.4 Å². The Hall–Kier alpha value is -3.06. The second kappa shape index (κ2) is 11.4. The fourth-order valence-corrected chi connectivity index (χ4v) is 4.07. The minimum absolute atomic E-state index is 0.191. The van der Waals surface area contributed by atoms with Gasteiger partial charge in [0.25, 0.3) is 0 Å². The zero-order valence-electron chi connectivity index (χ0n) is 17.8. The third-order valence-corrected chi connectivity index (χ3v) is 5.54. The molecule has 1 fully saturated rings. The number of carboxylic acid groups (broad SMARTS) is 1. The Balaban J connectivity index is 1.63. The van der Waals surface area contributed by atoms with Crippen LogP contribution in [-0.4, -0.2) is 44.0 Å². The Bertz CT molecular complexity index is 858. The van der Waals surface area contributed by atoms with Gasteiger partial charge in [-0.2, -0.15) is 0 Å². The van der Waals surface area contributed by atoms with E-state index in [1.54, 1.807) is 12.0 Å². The van der Waals surface area contributed by atoms with Gasteiger partial charge in [0.2, 0.25) is 0 Å². The lowest BCUT2D eigenvalue weighted by Gasteiger charge is -2.30. The van der Waals surface area contributed by atoms with Gasteiger partial charge in [0, 0.05) is 12.6 Å². The molecular weight excluding hydrogens is 396 g/mol. The average Bonchev–Trinajstić information content (AvgIpc) is 2.79. The van der Waals surface area contributed by atoms with E-state index in [0.29, 0.717) is 30.7 Å². The molecule has 7 nitrogen and oxygen atoms in total. The van der Waals surface area contributed by atoms with E-state index in [0.717, 1.165) is 37.1 Å². The summed E-state index contributed by atoms with van der Waals surface area (Å²) in [6, 6.07) is 16.7. The van der Waals surface area contributed by atoms with Crippen molar-refractivity contribution in [3.63, 3.8) is 0 Å². The molecule has 0 heterocycles. The molecule has 2 aromatic rings. The predicted octanol–water partition coefficient (Wildman–Crippen LogP) is 4.45. The number of hydrogen-bond acceptors (Lipinski definition) is 4. The number of anilines is 2. The third kappa shape index (κ3) is 6.72. The van der Waals surface area contributed by atoms with Crippen LogP contribution in [0.15, 0.2) is 54.6 Å². The van der Waals surface area contributed by atoms with Crippen molar-refractivity contribution in [2.75, 3.05) is 31.8 Å². The number of amides is 2. The second-order valence-electron chi connectivity index (χ2n) is 7.87. The first-order chi connectivity index (χ1) is 15.1. The monoisotopic (exact) mass is 426 g/mol. The maximum atomic E-state index is 13.2. The summed E-state index contributed by atoms with van der Waals surface area (Å²) in [5.41, 5.74) is 1.50. The molecule has 3 rings (SSSR count). The molecule has 0 radical (unpaired) electrons. The molecule has 0 spiro atoms. The number of urea groups is 1. The summed E-state index contributed by atoms with van der Waals surface area (Å²) in [4.78, 5) is 25.5. The summed E-state index contributed by atoms with van der Waals surface area (Å²) in [5.74, 6) is 0.415. The van der Waals surface area contributed by atoms with E-state index in [1.807, 2.05) is 54.6 Å². The van der Waals surface area contributed by atoms with Crippen LogP contribution < -0.4 is 15.0 Å². The Labute approximate surface area is 183 Å². The normalized spacial score (nSPS) is 18.2. The van der Waals surface area contributed by atoms with E-state index < -0.39 is 5.97 Å². The number of nitrogens with zero attached hydrogens (tertiary/aromatic N) is 1. The van der Waals surface area contributed by atoms with Crippen molar-refractivity contribution in [3.05, 3.63) is 54.6 Å². The number of methoxy groups -OCH3 is 1. The van der Waals surface area contributed by atoms with E-state index in [9.17, 15) is 9.59 Å². The lowest BCUT2D eigenvalue weighted by molar-refractivity contribution is -0.142. The minimum Gasteiger partial charge on any atom is -0.497 e. The largest absolute Gasteiger partial charge is 0.497 e. The lowest BCUT2D eigenvalue weighted by atomic mass is 9.82. The number of carbonyl (C=O) groups excluding carboxylic acids is 1. The molecule has 0 aromatic heterocycles. The number of para-hydroxylation sites is 1. The molecule has 0 bridgehead atoms. The highest BCUT2D eigenvalue weighted by atomic mass is 16.5. The molecule has 1 aliphatic rings. The van der Waals surface area contributed by atoms with Crippen LogP contribution in [0.4, 0.5) is 16.2 Å². The van der Waals surface area contributed by atoms with Crippen molar-refractivity contribution in [1.82, 2.24) is 5.32 Å². The van der Waals surface area contributed by atoms with E-state index in [2.05, 4.69) is 5.32 Å². The van der Waals surface area contributed by atoms with Crippen molar-refractivity contribution in [1.29, 1.82) is 0 Å². The van der Waals surface area contributed by atoms with E-state index in [-0.39, 0.29) is 12.6 Å². The summed E-state index contributed by atoms with van der Waals surface area (Å²) in [6.07, 6.45) is 4.05. The van der Waals surface area contributed by atoms with Crippen LogP contribution in [0.25, 0.3) is 0 Å². The Morgan fingerprint density at radius 2 is 1.81 bits per heavy atom. The number of nitrogens with one attached hydrogen (secondary N) is 1. The zero-order chi connectivity index (χ0) is 22.1. The maximum absolute atomic E-state index is 13.2. The zero-order valence-corrected chi connectivity index (χ0v) is 17.8. The number of hydrogen-bond donors (Lipinski definition) is 2. The van der Waals surface area contributed by atoms with Crippen molar-refractivity contribution < 1.29 is 24.2 Å². The molecule has 2 unspecified atom stereocenters. The van der Waals surface area contributed by atoms with Gasteiger partial charge in [-0.3, -0.25) is 4.90 Å². The molecule has 2 atom stereocenters. The van der Waals surface area contributed by atoms with Crippen molar-refractivity contribution in [3.8, 4) is 5.75 Å². The highest BCUT2D eigenvalue weighted by Crippen LogP contribution is 2.30. The molecule has 1 saturated carbocycles. The minimum atomic E-state index is -0.946. The highest BCUT2D eigenvalue weighted by Gasteiger charge is 2.24. The number of carbonyl (C=O) groups is 2. The van der Waals surface area contributed by atoms with E-state index >= 15 is 0 Å². The van der Waals surface area contributed by atoms with Crippen molar-refractivity contribution in [2.24, 2.45) is 11.8 Å². The number of aliphatic carboxylic acids is 1. The van der Waals surface area contributed by atoms with Crippen molar-refractivity contribution >= 4 is 23.4 Å². The fraction of sp³-hybridized carbons (Fsp3) is 0.417. The van der Waals surface area contributed by atoms with E-state index in [1.165, 1.54) is 0 Å². The van der Waals surface area contributed by atoms with Gasteiger partial charge < -0.3 is 19.9 Å². The van der Waals surface area contributed by atoms with Gasteiger partial charge in [-0.1, -0.05) is 30.7 Å². The first kappa shape index (κ1) is 22.6. The molecular formula is C24H30N2O5. The molecule has 0 aliphatic heterocycles. The lowest BCUT2D eigenvalue weighted by Crippen LogP contribution is -2.40. The van der Waals surface area contributed by atoms with Crippen LogP contribution in [0.3, 0.4) is 0 Å². The molecule has 1 aliphatic carbocycles. The maximum Gasteiger partial charge on any atom is 0.329 e. The van der Waals surface area contributed by atoms with Gasteiger partial charge in [-0.05, 0) is 55.4 Å². The van der Waals surface area contributed by atoms with Crippen LogP contribution in [0.2, 0.25) is 0 Å². The Kier molecular flexibility index (Phi) is 8.29.